The van der Waals surface area contributed by atoms with Gasteiger partial charge in [0.15, 0.2) is 6.19 Å². The molecule has 0 spiro atoms. The average Bonchev–Trinajstić information content (AvgIpc) is 1.97. The average molecular weight is 154 g/mol. The summed E-state index contributed by atoms with van der Waals surface area (Å²) in [7, 11) is 0. The van der Waals surface area contributed by atoms with Crippen LogP contribution < -0.4 is 5.32 Å². The van der Waals surface area contributed by atoms with Crippen LogP contribution in [0.25, 0.3) is 0 Å². The number of hydrogen-bond acceptors (Lipinski definition) is 4. The molecule has 4 nitrogen and oxygen atoms in total. The lowest BCUT2D eigenvalue weighted by Gasteiger charge is -2.01. The molecular formula is C7H10N2O2. The van der Waals surface area contributed by atoms with E-state index in [1.54, 1.807) is 13.1 Å². The van der Waals surface area contributed by atoms with E-state index in [-0.39, 0.29) is 6.61 Å². The predicted octanol–water partition coefficient (Wildman–Crippen LogP) is 0.176. The van der Waals surface area contributed by atoms with Gasteiger partial charge >= 0.3 is 5.97 Å². The van der Waals surface area contributed by atoms with Crippen molar-refractivity contribution in [2.24, 2.45) is 0 Å². The lowest BCUT2D eigenvalue weighted by Crippen LogP contribution is -2.17. The fourth-order valence-corrected chi connectivity index (χ4v) is 0.374. The number of hydrogen-bond donors (Lipinski definition) is 1. The fourth-order valence-electron chi connectivity index (χ4n) is 0.374. The molecule has 60 valence electrons. The van der Waals surface area contributed by atoms with E-state index < -0.39 is 5.97 Å². The second-order valence-corrected chi connectivity index (χ2v) is 1.95. The molecule has 0 heterocycles. The third-order valence-electron chi connectivity index (χ3n) is 0.888. The van der Waals surface area contributed by atoms with Crippen LogP contribution in [-0.4, -0.2) is 19.1 Å². The SMILES string of the molecule is C=C(C)C(=O)OCCNC#N. The lowest BCUT2D eigenvalue weighted by atomic mass is 10.4. The van der Waals surface area contributed by atoms with Gasteiger partial charge in [0.1, 0.15) is 6.61 Å². The largest absolute Gasteiger partial charge is 0.460 e. The van der Waals surface area contributed by atoms with E-state index in [9.17, 15) is 4.79 Å². The zero-order valence-corrected chi connectivity index (χ0v) is 6.39. The van der Waals surface area contributed by atoms with Crippen LogP contribution in [0.15, 0.2) is 12.2 Å². The maximum atomic E-state index is 10.7. The minimum absolute atomic E-state index is 0.194. The molecule has 0 saturated heterocycles. The Balaban J connectivity index is 3.34. The normalized spacial score (nSPS) is 8.00. The molecule has 0 aromatic carbocycles. The zero-order chi connectivity index (χ0) is 8.69. The van der Waals surface area contributed by atoms with E-state index in [4.69, 9.17) is 5.26 Å². The van der Waals surface area contributed by atoms with Crippen molar-refractivity contribution in [1.29, 1.82) is 5.26 Å². The third kappa shape index (κ3) is 4.97. The van der Waals surface area contributed by atoms with Gasteiger partial charge in [0.25, 0.3) is 0 Å². The summed E-state index contributed by atoms with van der Waals surface area (Å²) < 4.78 is 4.65. The van der Waals surface area contributed by atoms with Gasteiger partial charge in [-0.1, -0.05) is 6.58 Å². The van der Waals surface area contributed by atoms with Gasteiger partial charge in [-0.05, 0) is 6.92 Å². The van der Waals surface area contributed by atoms with Crippen LogP contribution in [0.1, 0.15) is 6.92 Å². The van der Waals surface area contributed by atoms with E-state index in [1.165, 1.54) is 0 Å². The standard InChI is InChI=1S/C7H10N2O2/c1-6(2)7(10)11-4-3-9-5-8/h9H,1,3-4H2,2H3. The minimum atomic E-state index is -0.426. The van der Waals surface area contributed by atoms with Gasteiger partial charge in [-0.3, -0.25) is 0 Å². The van der Waals surface area contributed by atoms with Crippen LogP contribution in [0.5, 0.6) is 0 Å². The summed E-state index contributed by atoms with van der Waals surface area (Å²) in [6.07, 6.45) is 1.71. The predicted molar refractivity (Wildman–Crippen MR) is 39.4 cm³/mol. The topological polar surface area (TPSA) is 62.1 Å². The molecule has 0 aliphatic carbocycles. The molecule has 0 atom stereocenters. The summed E-state index contributed by atoms with van der Waals surface area (Å²) in [5.74, 6) is -0.426. The van der Waals surface area contributed by atoms with Gasteiger partial charge in [-0.25, -0.2) is 4.79 Å². The molecule has 0 saturated carbocycles. The second kappa shape index (κ2) is 5.30. The van der Waals surface area contributed by atoms with Gasteiger partial charge in [-0.15, -0.1) is 0 Å². The first kappa shape index (κ1) is 9.50. The Bertz CT molecular complexity index is 193. The van der Waals surface area contributed by atoms with Crippen molar-refractivity contribution in [3.05, 3.63) is 12.2 Å². The molecule has 0 aromatic rings. The van der Waals surface area contributed by atoms with Crippen LogP contribution in [-0.2, 0) is 9.53 Å². The highest BCUT2D eigenvalue weighted by atomic mass is 16.5. The minimum Gasteiger partial charge on any atom is -0.460 e. The quantitative estimate of drug-likeness (QED) is 0.206. The van der Waals surface area contributed by atoms with E-state index in [1.807, 2.05) is 0 Å². The first-order valence-corrected chi connectivity index (χ1v) is 3.13. The zero-order valence-electron chi connectivity index (χ0n) is 6.39. The Morgan fingerprint density at radius 1 is 1.82 bits per heavy atom. The molecule has 0 aliphatic heterocycles. The highest BCUT2D eigenvalue weighted by Crippen LogP contribution is 1.90. The maximum Gasteiger partial charge on any atom is 0.333 e. The summed E-state index contributed by atoms with van der Waals surface area (Å²) in [4.78, 5) is 10.7. The first-order valence-electron chi connectivity index (χ1n) is 3.13. The van der Waals surface area contributed by atoms with E-state index >= 15 is 0 Å². The number of esters is 1. The summed E-state index contributed by atoms with van der Waals surface area (Å²) in [5, 5.41) is 10.4. The Kier molecular flexibility index (Phi) is 4.58. The molecule has 0 rings (SSSR count). The number of rotatable bonds is 4. The van der Waals surface area contributed by atoms with Crippen molar-refractivity contribution >= 4 is 5.97 Å². The lowest BCUT2D eigenvalue weighted by molar-refractivity contribution is -0.138. The van der Waals surface area contributed by atoms with Crippen molar-refractivity contribution in [2.45, 2.75) is 6.92 Å². The van der Waals surface area contributed by atoms with E-state index in [0.29, 0.717) is 12.1 Å². The van der Waals surface area contributed by atoms with Gasteiger partial charge in [0.05, 0.1) is 6.54 Å². The van der Waals surface area contributed by atoms with Crippen molar-refractivity contribution in [3.63, 3.8) is 0 Å². The van der Waals surface area contributed by atoms with Crippen LogP contribution in [0.2, 0.25) is 0 Å². The molecular weight excluding hydrogens is 144 g/mol. The van der Waals surface area contributed by atoms with Gasteiger partial charge in [0, 0.05) is 5.57 Å². The summed E-state index contributed by atoms with van der Waals surface area (Å²) in [5.41, 5.74) is 0.363. The number of ether oxygens (including phenoxy) is 1. The van der Waals surface area contributed by atoms with E-state index in [2.05, 4.69) is 16.6 Å². The highest BCUT2D eigenvalue weighted by Gasteiger charge is 2.00. The van der Waals surface area contributed by atoms with Crippen LogP contribution in [0, 0.1) is 11.5 Å². The summed E-state index contributed by atoms with van der Waals surface area (Å²) in [6, 6.07) is 0. The Morgan fingerprint density at radius 3 is 2.91 bits per heavy atom. The monoisotopic (exact) mass is 154 g/mol. The number of carbonyl (C=O) groups is 1. The summed E-state index contributed by atoms with van der Waals surface area (Å²) >= 11 is 0. The van der Waals surface area contributed by atoms with Gasteiger partial charge in [-0.2, -0.15) is 5.26 Å². The molecule has 0 aromatic heterocycles. The Labute approximate surface area is 65.5 Å². The number of carbonyl (C=O) groups excluding carboxylic acids is 1. The van der Waals surface area contributed by atoms with Crippen LogP contribution in [0.4, 0.5) is 0 Å². The van der Waals surface area contributed by atoms with Crippen molar-refractivity contribution < 1.29 is 9.53 Å². The molecule has 0 bridgehead atoms. The molecule has 1 N–H and O–H groups in total. The van der Waals surface area contributed by atoms with Crippen LogP contribution >= 0.6 is 0 Å². The Morgan fingerprint density at radius 2 is 2.45 bits per heavy atom. The number of nitrogens with one attached hydrogen (secondary N) is 1. The fraction of sp³-hybridized carbons (Fsp3) is 0.429. The third-order valence-corrected chi connectivity index (χ3v) is 0.888. The van der Waals surface area contributed by atoms with Crippen molar-refractivity contribution in [1.82, 2.24) is 5.32 Å². The summed E-state index contributed by atoms with van der Waals surface area (Å²) in [6.45, 7) is 5.50. The number of nitriles is 1. The van der Waals surface area contributed by atoms with Gasteiger partial charge < -0.3 is 10.1 Å². The van der Waals surface area contributed by atoms with Crippen molar-refractivity contribution in [3.8, 4) is 6.19 Å². The van der Waals surface area contributed by atoms with Gasteiger partial charge in [0.2, 0.25) is 0 Å². The maximum absolute atomic E-state index is 10.7. The van der Waals surface area contributed by atoms with Crippen molar-refractivity contribution in [2.75, 3.05) is 13.2 Å². The molecule has 0 unspecified atom stereocenters. The first-order chi connectivity index (χ1) is 5.18. The molecule has 0 aliphatic rings. The second-order valence-electron chi connectivity index (χ2n) is 1.95. The molecule has 4 heteroatoms. The smallest absolute Gasteiger partial charge is 0.333 e. The molecule has 0 radical (unpaired) electrons. The number of nitrogens with zero attached hydrogens (tertiary/aromatic N) is 1. The highest BCUT2D eigenvalue weighted by molar-refractivity contribution is 5.86. The Hall–Kier alpha value is -1.50. The molecule has 11 heavy (non-hydrogen) atoms. The molecule has 0 fully saturated rings. The van der Waals surface area contributed by atoms with E-state index in [0.717, 1.165) is 0 Å². The van der Waals surface area contributed by atoms with Crippen LogP contribution in [0.3, 0.4) is 0 Å². The molecule has 0 amide bonds.